The average molecular weight is 433 g/mol. The van der Waals surface area contributed by atoms with Crippen molar-refractivity contribution in [2.45, 2.75) is 31.2 Å². The lowest BCUT2D eigenvalue weighted by Crippen LogP contribution is -2.40. The minimum Gasteiger partial charge on any atom is -0.297 e. The third-order valence-corrected chi connectivity index (χ3v) is 7.43. The van der Waals surface area contributed by atoms with Crippen LogP contribution in [0.1, 0.15) is 24.1 Å². The maximum atomic E-state index is 12.5. The van der Waals surface area contributed by atoms with E-state index in [4.69, 9.17) is 0 Å². The number of fused-ring (bicyclic) bond motifs is 1. The van der Waals surface area contributed by atoms with E-state index >= 15 is 0 Å². The number of aryl methyl sites for hydroxylation is 1. The number of piperidine rings is 1. The molecule has 154 valence electrons. The summed E-state index contributed by atoms with van der Waals surface area (Å²) < 4.78 is 29.4. The van der Waals surface area contributed by atoms with Crippen LogP contribution in [0.15, 0.2) is 51.6 Å². The zero-order valence-corrected chi connectivity index (χ0v) is 17.9. The predicted octanol–water partition coefficient (Wildman–Crippen LogP) is 2.25. The highest BCUT2D eigenvalue weighted by Gasteiger charge is 2.23. The molecule has 7 nitrogen and oxygen atoms in total. The number of sulfonamides is 1. The second-order valence-corrected chi connectivity index (χ2v) is 10.2. The van der Waals surface area contributed by atoms with E-state index in [-0.39, 0.29) is 11.5 Å². The number of rotatable bonds is 6. The highest BCUT2D eigenvalue weighted by Crippen LogP contribution is 2.19. The minimum absolute atomic E-state index is 0.0642. The van der Waals surface area contributed by atoms with Crippen molar-refractivity contribution in [3.8, 4) is 0 Å². The molecule has 0 radical (unpaired) electrons. The van der Waals surface area contributed by atoms with Crippen molar-refractivity contribution in [2.75, 3.05) is 19.6 Å². The first kappa shape index (κ1) is 20.2. The first-order chi connectivity index (χ1) is 13.9. The van der Waals surface area contributed by atoms with Crippen molar-refractivity contribution in [2.24, 2.45) is 5.92 Å². The summed E-state index contributed by atoms with van der Waals surface area (Å²) in [6.07, 6.45) is 3.71. The highest BCUT2D eigenvalue weighted by atomic mass is 32.2. The van der Waals surface area contributed by atoms with Crippen molar-refractivity contribution >= 4 is 26.3 Å². The van der Waals surface area contributed by atoms with Crippen LogP contribution in [0.5, 0.6) is 0 Å². The number of aromatic nitrogens is 2. The Morgan fingerprint density at radius 3 is 2.86 bits per heavy atom. The predicted molar refractivity (Wildman–Crippen MR) is 114 cm³/mol. The van der Waals surface area contributed by atoms with E-state index in [0.717, 1.165) is 37.2 Å². The Bertz CT molecular complexity index is 1150. The third kappa shape index (κ3) is 4.75. The maximum absolute atomic E-state index is 12.5. The fourth-order valence-electron chi connectivity index (χ4n) is 3.69. The molecule has 1 aliphatic heterocycles. The van der Waals surface area contributed by atoms with Crippen LogP contribution in [0, 0.1) is 12.8 Å². The molecule has 1 N–H and O–H groups in total. The Kier molecular flexibility index (Phi) is 5.82. The lowest BCUT2D eigenvalue weighted by molar-refractivity contribution is 0.167. The normalized spacial score (nSPS) is 18.3. The number of nitrogens with one attached hydrogen (secondary N) is 1. The van der Waals surface area contributed by atoms with Gasteiger partial charge in [0.2, 0.25) is 10.0 Å². The van der Waals surface area contributed by atoms with E-state index in [0.29, 0.717) is 22.9 Å². The van der Waals surface area contributed by atoms with Gasteiger partial charge in [-0.3, -0.25) is 14.1 Å². The van der Waals surface area contributed by atoms with Crippen molar-refractivity contribution < 1.29 is 8.42 Å². The SMILES string of the molecule is Cc1ccc(S(=O)(=O)NCC2CCCN(Cc3cc(=O)n4ccsc4n3)C2)cc1. The van der Waals surface area contributed by atoms with Gasteiger partial charge in [-0.05, 0) is 44.4 Å². The fourth-order valence-corrected chi connectivity index (χ4v) is 5.54. The summed E-state index contributed by atoms with van der Waals surface area (Å²) in [5.41, 5.74) is 1.73. The first-order valence-corrected chi connectivity index (χ1v) is 12.0. The zero-order chi connectivity index (χ0) is 20.4. The van der Waals surface area contributed by atoms with E-state index in [1.54, 1.807) is 40.9 Å². The second-order valence-electron chi connectivity index (χ2n) is 7.55. The van der Waals surface area contributed by atoms with Gasteiger partial charge in [-0.15, -0.1) is 11.3 Å². The molecular formula is C20H24N4O3S2. The maximum Gasteiger partial charge on any atom is 0.258 e. The molecule has 3 aromatic rings. The van der Waals surface area contributed by atoms with Gasteiger partial charge in [-0.1, -0.05) is 17.7 Å². The van der Waals surface area contributed by atoms with Gasteiger partial charge in [0.05, 0.1) is 10.6 Å². The number of likely N-dealkylation sites (tertiary alicyclic amines) is 1. The summed E-state index contributed by atoms with van der Waals surface area (Å²) in [5.74, 6) is 0.232. The number of nitrogens with zero attached hydrogens (tertiary/aromatic N) is 3. The van der Waals surface area contributed by atoms with Crippen LogP contribution in [0.2, 0.25) is 0 Å². The van der Waals surface area contributed by atoms with Gasteiger partial charge < -0.3 is 0 Å². The molecule has 1 fully saturated rings. The van der Waals surface area contributed by atoms with Crippen LogP contribution < -0.4 is 10.3 Å². The number of hydrogen-bond donors (Lipinski definition) is 1. The van der Waals surface area contributed by atoms with Crippen LogP contribution in [-0.4, -0.2) is 42.3 Å². The molecule has 1 unspecified atom stereocenters. The van der Waals surface area contributed by atoms with Crippen molar-refractivity contribution in [3.63, 3.8) is 0 Å². The van der Waals surface area contributed by atoms with Crippen LogP contribution in [-0.2, 0) is 16.6 Å². The summed E-state index contributed by atoms with van der Waals surface area (Å²) >= 11 is 1.44. The summed E-state index contributed by atoms with van der Waals surface area (Å²) in [4.78, 5) is 20.0. The van der Waals surface area contributed by atoms with Crippen LogP contribution in [0.25, 0.3) is 4.96 Å². The topological polar surface area (TPSA) is 83.8 Å². The standard InChI is InChI=1S/C20H24N4O3S2/c1-15-4-6-18(7-5-15)29(26,27)21-12-16-3-2-8-23(13-16)14-17-11-19(25)24-9-10-28-20(24)22-17/h4-7,9-11,16,21H,2-3,8,12-14H2,1H3. The van der Waals surface area contributed by atoms with E-state index in [2.05, 4.69) is 14.6 Å². The van der Waals surface area contributed by atoms with E-state index in [1.807, 2.05) is 12.3 Å². The lowest BCUT2D eigenvalue weighted by Gasteiger charge is -2.32. The van der Waals surface area contributed by atoms with E-state index in [1.165, 1.54) is 11.3 Å². The molecule has 29 heavy (non-hydrogen) atoms. The molecule has 0 amide bonds. The van der Waals surface area contributed by atoms with Gasteiger partial charge in [0.1, 0.15) is 0 Å². The Morgan fingerprint density at radius 2 is 2.07 bits per heavy atom. The molecule has 1 aromatic carbocycles. The summed E-state index contributed by atoms with van der Waals surface area (Å²) in [6.45, 7) is 4.65. The summed E-state index contributed by atoms with van der Waals surface area (Å²) in [6, 6.07) is 8.46. The van der Waals surface area contributed by atoms with Crippen LogP contribution >= 0.6 is 11.3 Å². The number of hydrogen-bond acceptors (Lipinski definition) is 6. The molecular weight excluding hydrogens is 408 g/mol. The molecule has 3 heterocycles. The summed E-state index contributed by atoms with van der Waals surface area (Å²) in [5, 5.41) is 1.85. The van der Waals surface area contributed by atoms with Crippen molar-refractivity contribution in [1.29, 1.82) is 0 Å². The Hall–Kier alpha value is -2.07. The van der Waals surface area contributed by atoms with Gasteiger partial charge in [-0.2, -0.15) is 0 Å². The Morgan fingerprint density at radius 1 is 1.28 bits per heavy atom. The largest absolute Gasteiger partial charge is 0.297 e. The van der Waals surface area contributed by atoms with Crippen molar-refractivity contribution in [3.05, 3.63) is 63.5 Å². The minimum atomic E-state index is -3.50. The van der Waals surface area contributed by atoms with E-state index in [9.17, 15) is 13.2 Å². The quantitative estimate of drug-likeness (QED) is 0.646. The lowest BCUT2D eigenvalue weighted by atomic mass is 9.98. The molecule has 9 heteroatoms. The molecule has 4 rings (SSSR count). The van der Waals surface area contributed by atoms with Crippen molar-refractivity contribution in [1.82, 2.24) is 19.0 Å². The van der Waals surface area contributed by atoms with Crippen LogP contribution in [0.3, 0.4) is 0 Å². The Labute approximate surface area is 174 Å². The number of benzene rings is 1. The molecule has 1 saturated heterocycles. The molecule has 1 atom stereocenters. The average Bonchev–Trinajstić information content (AvgIpc) is 3.16. The fraction of sp³-hybridized carbons (Fsp3) is 0.400. The second kappa shape index (κ2) is 8.35. The molecule has 0 bridgehead atoms. The Balaban J connectivity index is 1.37. The molecule has 0 saturated carbocycles. The zero-order valence-electron chi connectivity index (χ0n) is 16.2. The molecule has 0 aliphatic carbocycles. The van der Waals surface area contributed by atoms with Gasteiger partial charge in [0.15, 0.2) is 4.96 Å². The monoisotopic (exact) mass is 432 g/mol. The number of thiazole rings is 1. The van der Waals surface area contributed by atoms with Gasteiger partial charge in [-0.25, -0.2) is 18.1 Å². The first-order valence-electron chi connectivity index (χ1n) is 9.65. The van der Waals surface area contributed by atoms with Crippen LogP contribution in [0.4, 0.5) is 0 Å². The van der Waals surface area contributed by atoms with Gasteiger partial charge in [0, 0.05) is 37.3 Å². The molecule has 1 aliphatic rings. The smallest absolute Gasteiger partial charge is 0.258 e. The third-order valence-electron chi connectivity index (χ3n) is 5.24. The highest BCUT2D eigenvalue weighted by molar-refractivity contribution is 7.89. The van der Waals surface area contributed by atoms with E-state index < -0.39 is 10.0 Å². The van der Waals surface area contributed by atoms with Gasteiger partial charge >= 0.3 is 0 Å². The van der Waals surface area contributed by atoms with Gasteiger partial charge in [0.25, 0.3) is 5.56 Å². The summed E-state index contributed by atoms with van der Waals surface area (Å²) in [7, 11) is -3.50. The molecule has 2 aromatic heterocycles. The molecule has 0 spiro atoms.